The van der Waals surface area contributed by atoms with Crippen molar-refractivity contribution in [3.8, 4) is 6.07 Å². The predicted molar refractivity (Wildman–Crippen MR) is 83.9 cm³/mol. The van der Waals surface area contributed by atoms with Gasteiger partial charge in [-0.3, -0.25) is 10.9 Å². The Labute approximate surface area is 130 Å². The van der Waals surface area contributed by atoms with E-state index in [0.717, 1.165) is 6.42 Å². The summed E-state index contributed by atoms with van der Waals surface area (Å²) >= 11 is 0. The van der Waals surface area contributed by atoms with Crippen LogP contribution in [0.4, 0.5) is 10.5 Å². The van der Waals surface area contributed by atoms with Crippen LogP contribution in [0.25, 0.3) is 0 Å². The molecule has 2 rings (SSSR count). The summed E-state index contributed by atoms with van der Waals surface area (Å²) in [5, 5.41) is 11.5. The summed E-state index contributed by atoms with van der Waals surface area (Å²) in [6, 6.07) is 5.81. The van der Waals surface area contributed by atoms with Gasteiger partial charge in [0, 0.05) is 25.7 Å². The minimum atomic E-state index is -0.175. The number of nitrogens with zero attached hydrogens (tertiary/aromatic N) is 3. The number of carbonyl (C=O) groups excluding carboxylic acids is 1. The molecule has 0 aliphatic carbocycles. The monoisotopic (exact) mass is 302 g/mol. The number of nitriles is 1. The number of aromatic nitrogens is 1. The molecule has 1 fully saturated rings. The highest BCUT2D eigenvalue weighted by atomic mass is 16.2. The number of amides is 2. The van der Waals surface area contributed by atoms with Crippen molar-refractivity contribution in [1.29, 1.82) is 5.26 Å². The fourth-order valence-corrected chi connectivity index (χ4v) is 2.61. The van der Waals surface area contributed by atoms with E-state index >= 15 is 0 Å². The van der Waals surface area contributed by atoms with Crippen molar-refractivity contribution < 1.29 is 4.79 Å². The van der Waals surface area contributed by atoms with Gasteiger partial charge in [-0.1, -0.05) is 0 Å². The standard InChI is InChI=1S/C15H22N6O/c1-10-14(11(2)20-19-10)6-7-21(3)15(22)18-13-5-4-12(8-16)17-9-13/h4-5,9-11,14,19-20H,6-7H2,1-3H3,(H,18,22). The number of anilines is 1. The quantitative estimate of drug-likeness (QED) is 0.779. The summed E-state index contributed by atoms with van der Waals surface area (Å²) in [7, 11) is 1.78. The fourth-order valence-electron chi connectivity index (χ4n) is 2.61. The Bertz CT molecular complexity index is 542. The maximum absolute atomic E-state index is 12.1. The Kier molecular flexibility index (Phi) is 5.31. The molecule has 22 heavy (non-hydrogen) atoms. The van der Waals surface area contributed by atoms with E-state index in [0.29, 0.717) is 35.9 Å². The van der Waals surface area contributed by atoms with E-state index < -0.39 is 0 Å². The van der Waals surface area contributed by atoms with E-state index in [1.807, 2.05) is 6.07 Å². The number of nitrogens with one attached hydrogen (secondary N) is 3. The van der Waals surface area contributed by atoms with Crippen molar-refractivity contribution >= 4 is 11.7 Å². The highest BCUT2D eigenvalue weighted by Crippen LogP contribution is 2.18. The Morgan fingerprint density at radius 3 is 2.64 bits per heavy atom. The van der Waals surface area contributed by atoms with Gasteiger partial charge in [-0.2, -0.15) is 5.26 Å². The van der Waals surface area contributed by atoms with Gasteiger partial charge in [-0.05, 0) is 38.3 Å². The van der Waals surface area contributed by atoms with Crippen LogP contribution in [0, 0.1) is 17.2 Å². The van der Waals surface area contributed by atoms with Crippen LogP contribution < -0.4 is 16.2 Å². The van der Waals surface area contributed by atoms with Gasteiger partial charge in [0.15, 0.2) is 0 Å². The number of rotatable bonds is 4. The molecular weight excluding hydrogens is 280 g/mol. The number of pyridine rings is 1. The van der Waals surface area contributed by atoms with Crippen molar-refractivity contribution in [3.05, 3.63) is 24.0 Å². The van der Waals surface area contributed by atoms with Gasteiger partial charge in [0.25, 0.3) is 0 Å². The molecule has 1 aliphatic rings. The molecule has 0 spiro atoms. The molecule has 7 nitrogen and oxygen atoms in total. The lowest BCUT2D eigenvalue weighted by molar-refractivity contribution is 0.217. The molecule has 0 aromatic carbocycles. The summed E-state index contributed by atoms with van der Waals surface area (Å²) in [6.45, 7) is 4.96. The zero-order valence-electron chi connectivity index (χ0n) is 13.1. The normalized spacial score (nSPS) is 23.8. The van der Waals surface area contributed by atoms with Crippen LogP contribution in [0.3, 0.4) is 0 Å². The summed E-state index contributed by atoms with van der Waals surface area (Å²) in [4.78, 5) is 17.7. The van der Waals surface area contributed by atoms with Crippen LogP contribution in [0.1, 0.15) is 26.0 Å². The van der Waals surface area contributed by atoms with E-state index in [-0.39, 0.29) is 6.03 Å². The number of hydrogen-bond acceptors (Lipinski definition) is 5. The van der Waals surface area contributed by atoms with Crippen molar-refractivity contribution in [2.24, 2.45) is 5.92 Å². The SMILES string of the molecule is CC1NNC(C)C1CCN(C)C(=O)Nc1ccc(C#N)nc1. The van der Waals surface area contributed by atoms with Crippen LogP contribution in [-0.4, -0.2) is 41.6 Å². The number of hydrogen-bond donors (Lipinski definition) is 3. The lowest BCUT2D eigenvalue weighted by atomic mass is 9.93. The maximum atomic E-state index is 12.1. The summed E-state index contributed by atoms with van der Waals surface area (Å²) in [5.74, 6) is 0.492. The van der Waals surface area contributed by atoms with Gasteiger partial charge in [0.05, 0.1) is 11.9 Å². The molecule has 1 aromatic rings. The largest absolute Gasteiger partial charge is 0.328 e. The first kappa shape index (κ1) is 16.2. The topological polar surface area (TPSA) is 93.1 Å². The smallest absolute Gasteiger partial charge is 0.321 e. The fraction of sp³-hybridized carbons (Fsp3) is 0.533. The van der Waals surface area contributed by atoms with Crippen LogP contribution in [0.2, 0.25) is 0 Å². The van der Waals surface area contributed by atoms with Crippen LogP contribution in [0.15, 0.2) is 18.3 Å². The van der Waals surface area contributed by atoms with E-state index in [1.54, 1.807) is 24.1 Å². The first-order valence-electron chi connectivity index (χ1n) is 7.40. The molecule has 7 heteroatoms. The van der Waals surface area contributed by atoms with Crippen LogP contribution in [0.5, 0.6) is 0 Å². The molecule has 0 saturated carbocycles. The third kappa shape index (κ3) is 3.93. The highest BCUT2D eigenvalue weighted by Gasteiger charge is 2.29. The molecule has 2 unspecified atom stereocenters. The van der Waals surface area contributed by atoms with Crippen molar-refractivity contribution in [3.63, 3.8) is 0 Å². The van der Waals surface area contributed by atoms with Crippen molar-refractivity contribution in [2.45, 2.75) is 32.4 Å². The lowest BCUT2D eigenvalue weighted by Gasteiger charge is -2.23. The molecule has 0 radical (unpaired) electrons. The molecule has 0 bridgehead atoms. The Balaban J connectivity index is 1.82. The molecule has 2 heterocycles. The second-order valence-electron chi connectivity index (χ2n) is 5.71. The zero-order valence-corrected chi connectivity index (χ0v) is 13.1. The van der Waals surface area contributed by atoms with Crippen LogP contribution in [-0.2, 0) is 0 Å². The average molecular weight is 302 g/mol. The zero-order chi connectivity index (χ0) is 16.1. The van der Waals surface area contributed by atoms with Gasteiger partial charge < -0.3 is 10.2 Å². The summed E-state index contributed by atoms with van der Waals surface area (Å²) in [6.07, 6.45) is 2.41. The second kappa shape index (κ2) is 7.20. The second-order valence-corrected chi connectivity index (χ2v) is 5.71. The molecule has 1 aromatic heterocycles. The maximum Gasteiger partial charge on any atom is 0.321 e. The highest BCUT2D eigenvalue weighted by molar-refractivity contribution is 5.88. The number of hydrazine groups is 1. The molecular formula is C15H22N6O. The molecule has 3 N–H and O–H groups in total. The molecule has 2 atom stereocenters. The van der Waals surface area contributed by atoms with E-state index in [9.17, 15) is 4.79 Å². The predicted octanol–water partition coefficient (Wildman–Crippen LogP) is 1.31. The Hall–Kier alpha value is -2.17. The minimum Gasteiger partial charge on any atom is -0.328 e. The van der Waals surface area contributed by atoms with Gasteiger partial charge in [0.2, 0.25) is 0 Å². The van der Waals surface area contributed by atoms with Crippen molar-refractivity contribution in [1.82, 2.24) is 20.7 Å². The number of carbonyl (C=O) groups is 1. The Morgan fingerprint density at radius 2 is 2.09 bits per heavy atom. The average Bonchev–Trinajstić information content (AvgIpc) is 2.84. The van der Waals surface area contributed by atoms with Crippen LogP contribution >= 0.6 is 0 Å². The lowest BCUT2D eigenvalue weighted by Crippen LogP contribution is -2.35. The summed E-state index contributed by atoms with van der Waals surface area (Å²) < 4.78 is 0. The third-order valence-electron chi connectivity index (χ3n) is 4.10. The van der Waals surface area contributed by atoms with Crippen molar-refractivity contribution in [2.75, 3.05) is 18.9 Å². The van der Waals surface area contributed by atoms with Gasteiger partial charge >= 0.3 is 6.03 Å². The van der Waals surface area contributed by atoms with E-state index in [4.69, 9.17) is 5.26 Å². The van der Waals surface area contributed by atoms with Gasteiger partial charge in [-0.25, -0.2) is 9.78 Å². The van der Waals surface area contributed by atoms with E-state index in [2.05, 4.69) is 35.0 Å². The molecule has 118 valence electrons. The van der Waals surface area contributed by atoms with E-state index in [1.165, 1.54) is 6.20 Å². The van der Waals surface area contributed by atoms with Gasteiger partial charge in [-0.15, -0.1) is 0 Å². The first-order chi connectivity index (χ1) is 10.5. The first-order valence-corrected chi connectivity index (χ1v) is 7.40. The Morgan fingerprint density at radius 1 is 1.41 bits per heavy atom. The molecule has 1 aliphatic heterocycles. The molecule has 1 saturated heterocycles. The third-order valence-corrected chi connectivity index (χ3v) is 4.10. The van der Waals surface area contributed by atoms with Gasteiger partial charge in [0.1, 0.15) is 11.8 Å². The molecule has 2 amide bonds. The summed E-state index contributed by atoms with van der Waals surface area (Å²) in [5.41, 5.74) is 7.35. The number of urea groups is 1. The minimum absolute atomic E-state index is 0.175.